The molecule has 5 heteroatoms. The first-order chi connectivity index (χ1) is 8.98. The maximum absolute atomic E-state index is 11.9. The minimum atomic E-state index is -1.24. The van der Waals surface area contributed by atoms with Crippen molar-refractivity contribution in [2.24, 2.45) is 5.41 Å². The maximum atomic E-state index is 11.9. The van der Waals surface area contributed by atoms with Crippen molar-refractivity contribution in [3.05, 3.63) is 35.9 Å². The molecule has 1 N–H and O–H groups in total. The molecule has 5 nitrogen and oxygen atoms in total. The van der Waals surface area contributed by atoms with Crippen molar-refractivity contribution in [2.75, 3.05) is 13.2 Å². The molecule has 0 radical (unpaired) electrons. The van der Waals surface area contributed by atoms with Gasteiger partial charge in [-0.1, -0.05) is 30.3 Å². The molecule has 0 spiro atoms. The molecule has 1 rings (SSSR count). The van der Waals surface area contributed by atoms with Gasteiger partial charge in [-0.3, -0.25) is 9.59 Å². The molecule has 19 heavy (non-hydrogen) atoms. The molecule has 0 amide bonds. The summed E-state index contributed by atoms with van der Waals surface area (Å²) in [4.78, 5) is 22.7. The van der Waals surface area contributed by atoms with Gasteiger partial charge in [-0.2, -0.15) is 0 Å². The largest absolute Gasteiger partial charge is 0.465 e. The first-order valence-electron chi connectivity index (χ1n) is 5.93. The van der Waals surface area contributed by atoms with Crippen LogP contribution in [0.4, 0.5) is 0 Å². The van der Waals surface area contributed by atoms with Crippen molar-refractivity contribution in [2.45, 2.75) is 20.5 Å². The number of hydrogen-bond acceptors (Lipinski definition) is 5. The minimum absolute atomic E-state index is 0.120. The van der Waals surface area contributed by atoms with Crippen LogP contribution in [0.1, 0.15) is 19.4 Å². The SMILES string of the molecule is CC(=O)OC[C@@](C)(CO)C(=O)OCc1ccccc1. The van der Waals surface area contributed by atoms with Crippen LogP contribution in [-0.2, 0) is 25.7 Å². The fourth-order valence-electron chi connectivity index (χ4n) is 1.33. The molecule has 0 heterocycles. The van der Waals surface area contributed by atoms with Crippen molar-refractivity contribution in [1.82, 2.24) is 0 Å². The van der Waals surface area contributed by atoms with E-state index in [1.807, 2.05) is 30.3 Å². The zero-order valence-corrected chi connectivity index (χ0v) is 11.1. The summed E-state index contributed by atoms with van der Waals surface area (Å²) < 4.78 is 9.90. The molecule has 0 aliphatic rings. The van der Waals surface area contributed by atoms with Crippen LogP contribution in [0, 0.1) is 5.41 Å². The van der Waals surface area contributed by atoms with Crippen LogP contribution in [0.15, 0.2) is 30.3 Å². The zero-order chi connectivity index (χ0) is 14.3. The van der Waals surface area contributed by atoms with Gasteiger partial charge in [-0.15, -0.1) is 0 Å². The number of benzene rings is 1. The average Bonchev–Trinajstić information content (AvgIpc) is 2.43. The second-order valence-electron chi connectivity index (χ2n) is 4.56. The van der Waals surface area contributed by atoms with Crippen LogP contribution >= 0.6 is 0 Å². The van der Waals surface area contributed by atoms with E-state index < -0.39 is 24.0 Å². The van der Waals surface area contributed by atoms with E-state index in [0.717, 1.165) is 5.56 Å². The molecule has 1 atom stereocenters. The molecule has 104 valence electrons. The van der Waals surface area contributed by atoms with Crippen molar-refractivity contribution in [3.8, 4) is 0 Å². The van der Waals surface area contributed by atoms with Gasteiger partial charge in [0.2, 0.25) is 0 Å². The highest BCUT2D eigenvalue weighted by Crippen LogP contribution is 2.19. The molecule has 1 aromatic carbocycles. The Kier molecular flexibility index (Phi) is 5.51. The number of carbonyl (C=O) groups excluding carboxylic acids is 2. The number of aliphatic hydroxyl groups is 1. The highest BCUT2D eigenvalue weighted by molar-refractivity contribution is 5.77. The first kappa shape index (κ1) is 15.2. The van der Waals surface area contributed by atoms with E-state index in [0.29, 0.717) is 0 Å². The van der Waals surface area contributed by atoms with Gasteiger partial charge in [-0.25, -0.2) is 0 Å². The lowest BCUT2D eigenvalue weighted by Crippen LogP contribution is -2.38. The summed E-state index contributed by atoms with van der Waals surface area (Å²) in [5, 5.41) is 9.27. The zero-order valence-electron chi connectivity index (χ0n) is 11.1. The van der Waals surface area contributed by atoms with Gasteiger partial charge in [-0.05, 0) is 12.5 Å². The molecule has 0 aromatic heterocycles. The summed E-state index contributed by atoms with van der Waals surface area (Å²) in [6, 6.07) is 9.20. The minimum Gasteiger partial charge on any atom is -0.465 e. The number of esters is 2. The van der Waals surface area contributed by atoms with E-state index >= 15 is 0 Å². The van der Waals surface area contributed by atoms with E-state index in [1.54, 1.807) is 0 Å². The first-order valence-corrected chi connectivity index (χ1v) is 5.93. The Bertz CT molecular complexity index is 429. The maximum Gasteiger partial charge on any atom is 0.317 e. The van der Waals surface area contributed by atoms with Crippen molar-refractivity contribution >= 4 is 11.9 Å². The Labute approximate surface area is 112 Å². The summed E-state index contributed by atoms with van der Waals surface area (Å²) in [7, 11) is 0. The van der Waals surface area contributed by atoms with Crippen LogP contribution in [0.3, 0.4) is 0 Å². The van der Waals surface area contributed by atoms with Crippen LogP contribution < -0.4 is 0 Å². The van der Waals surface area contributed by atoms with Gasteiger partial charge in [0.15, 0.2) is 0 Å². The highest BCUT2D eigenvalue weighted by atomic mass is 16.6. The second kappa shape index (κ2) is 6.89. The van der Waals surface area contributed by atoms with Crippen molar-refractivity contribution in [3.63, 3.8) is 0 Å². The summed E-state index contributed by atoms with van der Waals surface area (Å²) in [6.45, 7) is 2.20. The predicted octanol–water partition coefficient (Wildman–Crippen LogP) is 1.29. The molecule has 0 unspecified atom stereocenters. The fourth-order valence-corrected chi connectivity index (χ4v) is 1.33. The van der Waals surface area contributed by atoms with Crippen LogP contribution in [-0.4, -0.2) is 30.3 Å². The Morgan fingerprint density at radius 2 is 1.84 bits per heavy atom. The fraction of sp³-hybridized carbons (Fsp3) is 0.429. The third-order valence-electron chi connectivity index (χ3n) is 2.65. The lowest BCUT2D eigenvalue weighted by atomic mass is 9.93. The third-order valence-corrected chi connectivity index (χ3v) is 2.65. The van der Waals surface area contributed by atoms with Crippen LogP contribution in [0.2, 0.25) is 0 Å². The molecule has 0 aliphatic carbocycles. The molecule has 0 fully saturated rings. The second-order valence-corrected chi connectivity index (χ2v) is 4.56. The lowest BCUT2D eigenvalue weighted by Gasteiger charge is -2.24. The van der Waals surface area contributed by atoms with Crippen molar-refractivity contribution < 1.29 is 24.2 Å². The van der Waals surface area contributed by atoms with E-state index in [2.05, 4.69) is 0 Å². The smallest absolute Gasteiger partial charge is 0.317 e. The lowest BCUT2D eigenvalue weighted by molar-refractivity contribution is -0.166. The number of carbonyl (C=O) groups is 2. The van der Waals surface area contributed by atoms with Gasteiger partial charge in [0.25, 0.3) is 0 Å². The molecule has 1 aromatic rings. The van der Waals surface area contributed by atoms with Crippen molar-refractivity contribution in [1.29, 1.82) is 0 Å². The molecule has 0 bridgehead atoms. The summed E-state index contributed by atoms with van der Waals surface area (Å²) in [5.74, 6) is -1.10. The van der Waals surface area contributed by atoms with Crippen LogP contribution in [0.5, 0.6) is 0 Å². The van der Waals surface area contributed by atoms with E-state index in [4.69, 9.17) is 9.47 Å². The Hall–Kier alpha value is -1.88. The number of rotatable bonds is 6. The predicted molar refractivity (Wildman–Crippen MR) is 68.1 cm³/mol. The van der Waals surface area contributed by atoms with Gasteiger partial charge in [0.1, 0.15) is 18.6 Å². The monoisotopic (exact) mass is 266 g/mol. The van der Waals surface area contributed by atoms with E-state index in [9.17, 15) is 14.7 Å². The van der Waals surface area contributed by atoms with E-state index in [1.165, 1.54) is 13.8 Å². The highest BCUT2D eigenvalue weighted by Gasteiger charge is 2.36. The summed E-state index contributed by atoms with van der Waals surface area (Å²) in [5.41, 5.74) is -0.385. The molecule has 0 saturated heterocycles. The average molecular weight is 266 g/mol. The normalized spacial score (nSPS) is 13.4. The molecular formula is C14H18O5. The van der Waals surface area contributed by atoms with Gasteiger partial charge < -0.3 is 14.6 Å². The Morgan fingerprint density at radius 3 is 2.37 bits per heavy atom. The molecule has 0 aliphatic heterocycles. The Morgan fingerprint density at radius 1 is 1.21 bits per heavy atom. The number of aliphatic hydroxyl groups excluding tert-OH is 1. The number of hydrogen-bond donors (Lipinski definition) is 1. The number of ether oxygens (including phenoxy) is 2. The van der Waals surface area contributed by atoms with Gasteiger partial charge in [0, 0.05) is 6.92 Å². The van der Waals surface area contributed by atoms with Gasteiger partial charge >= 0.3 is 11.9 Å². The standard InChI is InChI=1S/C14H18O5/c1-11(16)19-10-14(2,9-15)13(17)18-8-12-6-4-3-5-7-12/h3-7,15H,8-10H2,1-2H3/t14-/m1/s1. The van der Waals surface area contributed by atoms with E-state index in [-0.39, 0.29) is 13.2 Å². The quantitative estimate of drug-likeness (QED) is 0.785. The topological polar surface area (TPSA) is 72.8 Å². The van der Waals surface area contributed by atoms with Gasteiger partial charge in [0.05, 0.1) is 6.61 Å². The third kappa shape index (κ3) is 4.71. The molecule has 0 saturated carbocycles. The summed E-state index contributed by atoms with van der Waals surface area (Å²) >= 11 is 0. The summed E-state index contributed by atoms with van der Waals surface area (Å²) in [6.07, 6.45) is 0. The van der Waals surface area contributed by atoms with Crippen LogP contribution in [0.25, 0.3) is 0 Å². The Balaban J connectivity index is 2.56. The molecular weight excluding hydrogens is 248 g/mol.